The molecule has 0 saturated carbocycles. The Hall–Kier alpha value is -1.34. The molecule has 6 nitrogen and oxygen atoms in total. The number of hydrogen-bond acceptors (Lipinski definition) is 3. The van der Waals surface area contributed by atoms with E-state index in [-0.39, 0.29) is 11.5 Å². The van der Waals surface area contributed by atoms with Gasteiger partial charge in [0.25, 0.3) is 0 Å². The molecule has 3 atom stereocenters. The Labute approximate surface area is 132 Å². The van der Waals surface area contributed by atoms with Gasteiger partial charge in [-0.1, -0.05) is 26.8 Å². The summed E-state index contributed by atoms with van der Waals surface area (Å²) in [4.78, 5) is 23.9. The van der Waals surface area contributed by atoms with Crippen LogP contribution in [0.25, 0.3) is 0 Å². The predicted molar refractivity (Wildman–Crippen MR) is 86.6 cm³/mol. The van der Waals surface area contributed by atoms with E-state index < -0.39 is 38.6 Å². The fraction of sp³-hybridized carbons (Fsp3) is 0.733. The number of likely N-dealkylation sites (tertiary alicyclic amines) is 1. The molecule has 1 rings (SSSR count). The molecule has 1 fully saturated rings. The maximum Gasteiger partial charge on any atom is 0.408 e. The van der Waals surface area contributed by atoms with Crippen molar-refractivity contribution < 1.29 is 24.2 Å². The van der Waals surface area contributed by atoms with Crippen LogP contribution in [0.2, 0.25) is 18.1 Å². The van der Waals surface area contributed by atoms with Gasteiger partial charge in [-0.3, -0.25) is 4.90 Å². The summed E-state index contributed by atoms with van der Waals surface area (Å²) in [5.41, 5.74) is 0. The molecule has 126 valence electrons. The Balaban J connectivity index is 3.10. The minimum absolute atomic E-state index is 0.0267. The third-order valence-electron chi connectivity index (χ3n) is 4.74. The summed E-state index contributed by atoms with van der Waals surface area (Å²) in [7, 11) is -2.12. The topological polar surface area (TPSA) is 87.1 Å². The molecule has 0 bridgehead atoms. The molecule has 0 radical (unpaired) electrons. The zero-order valence-electron chi connectivity index (χ0n) is 14.0. The number of nitrogens with zero attached hydrogens (tertiary/aromatic N) is 1. The molecule has 7 heteroatoms. The number of carboxylic acid groups (broad SMARTS) is 2. The second-order valence-corrected chi connectivity index (χ2v) is 12.0. The zero-order valence-corrected chi connectivity index (χ0v) is 15.0. The highest BCUT2D eigenvalue weighted by atomic mass is 28.4. The molecule has 1 saturated heterocycles. The van der Waals surface area contributed by atoms with E-state index in [0.717, 1.165) is 4.90 Å². The molecule has 1 aliphatic heterocycles. The molecule has 1 aliphatic rings. The van der Waals surface area contributed by atoms with Crippen LogP contribution in [0.15, 0.2) is 12.7 Å². The molecule has 0 aromatic carbocycles. The lowest BCUT2D eigenvalue weighted by molar-refractivity contribution is -0.142. The molecule has 1 heterocycles. The van der Waals surface area contributed by atoms with Crippen molar-refractivity contribution in [3.05, 3.63) is 12.7 Å². The molecule has 0 spiro atoms. The van der Waals surface area contributed by atoms with Gasteiger partial charge in [-0.25, -0.2) is 9.59 Å². The van der Waals surface area contributed by atoms with Crippen LogP contribution in [0.5, 0.6) is 0 Å². The standard InChI is InChI=1S/C15H27NO5Si/c1-7-8-10-12(21-22(5,6)15(2,3)4)9-11(13(17)18)16(10)14(19)20/h7,10-12H,1,8-9H2,2-6H3,(H,17,18)(H,19,20)/t10?,11-,12+/m0/s1. The number of carboxylic acids is 1. The maximum absolute atomic E-state index is 11.5. The second-order valence-electron chi connectivity index (χ2n) is 7.29. The van der Waals surface area contributed by atoms with Crippen molar-refractivity contribution >= 4 is 20.4 Å². The zero-order chi connectivity index (χ0) is 17.3. The highest BCUT2D eigenvalue weighted by Gasteiger charge is 2.50. The van der Waals surface area contributed by atoms with Crippen LogP contribution in [0, 0.1) is 0 Å². The molecule has 0 aromatic rings. The van der Waals surface area contributed by atoms with Gasteiger partial charge in [0.15, 0.2) is 8.32 Å². The van der Waals surface area contributed by atoms with Crippen LogP contribution < -0.4 is 0 Å². The Bertz CT molecular complexity index is 457. The molecular formula is C15H27NO5Si. The first-order chi connectivity index (χ1) is 9.92. The quantitative estimate of drug-likeness (QED) is 0.597. The number of aliphatic carboxylic acids is 1. The summed E-state index contributed by atoms with van der Waals surface area (Å²) in [6.07, 6.45) is 0.561. The first kappa shape index (κ1) is 18.7. The van der Waals surface area contributed by atoms with Crippen LogP contribution in [0.4, 0.5) is 4.79 Å². The monoisotopic (exact) mass is 329 g/mol. The van der Waals surface area contributed by atoms with Crippen molar-refractivity contribution in [1.82, 2.24) is 4.90 Å². The highest BCUT2D eigenvalue weighted by molar-refractivity contribution is 6.74. The summed E-state index contributed by atoms with van der Waals surface area (Å²) in [5.74, 6) is -1.13. The average molecular weight is 329 g/mol. The lowest BCUT2D eigenvalue weighted by Gasteiger charge is -2.40. The molecule has 1 unspecified atom stereocenters. The number of hydrogen-bond donors (Lipinski definition) is 2. The minimum Gasteiger partial charge on any atom is -0.480 e. The fourth-order valence-corrected chi connectivity index (χ4v) is 3.88. The van der Waals surface area contributed by atoms with Crippen molar-refractivity contribution in [2.24, 2.45) is 0 Å². The maximum atomic E-state index is 11.5. The Kier molecular flexibility index (Phi) is 5.45. The van der Waals surface area contributed by atoms with Gasteiger partial charge in [-0.15, -0.1) is 6.58 Å². The van der Waals surface area contributed by atoms with Gasteiger partial charge in [0.05, 0.1) is 12.1 Å². The van der Waals surface area contributed by atoms with Crippen molar-refractivity contribution in [3.63, 3.8) is 0 Å². The Morgan fingerprint density at radius 2 is 1.91 bits per heavy atom. The Morgan fingerprint density at radius 3 is 2.27 bits per heavy atom. The summed E-state index contributed by atoms with van der Waals surface area (Å²) in [6.45, 7) is 14.1. The molecule has 0 aromatic heterocycles. The minimum atomic E-state index is -2.12. The van der Waals surface area contributed by atoms with Crippen molar-refractivity contribution in [2.45, 2.75) is 69.9 Å². The number of amides is 1. The smallest absolute Gasteiger partial charge is 0.408 e. The van der Waals surface area contributed by atoms with Crippen LogP contribution in [0.1, 0.15) is 33.6 Å². The van der Waals surface area contributed by atoms with Gasteiger partial charge < -0.3 is 14.6 Å². The molecular weight excluding hydrogens is 302 g/mol. The van der Waals surface area contributed by atoms with Crippen LogP contribution >= 0.6 is 0 Å². The van der Waals surface area contributed by atoms with Gasteiger partial charge >= 0.3 is 12.1 Å². The van der Waals surface area contributed by atoms with Crippen LogP contribution in [-0.4, -0.2) is 53.7 Å². The van der Waals surface area contributed by atoms with Gasteiger partial charge in [0.2, 0.25) is 0 Å². The molecule has 2 N–H and O–H groups in total. The summed E-state index contributed by atoms with van der Waals surface area (Å²) in [6, 6.07) is -1.55. The van der Waals surface area contributed by atoms with Crippen LogP contribution in [-0.2, 0) is 9.22 Å². The van der Waals surface area contributed by atoms with E-state index in [1.807, 2.05) is 0 Å². The van der Waals surface area contributed by atoms with E-state index in [4.69, 9.17) is 4.43 Å². The third-order valence-corrected chi connectivity index (χ3v) is 9.25. The lowest BCUT2D eigenvalue weighted by atomic mass is 10.1. The van der Waals surface area contributed by atoms with Crippen molar-refractivity contribution in [1.29, 1.82) is 0 Å². The van der Waals surface area contributed by atoms with E-state index in [1.54, 1.807) is 6.08 Å². The first-order valence-electron chi connectivity index (χ1n) is 7.45. The number of rotatable bonds is 5. The predicted octanol–water partition coefficient (Wildman–Crippen LogP) is 3.16. The van der Waals surface area contributed by atoms with Gasteiger partial charge in [-0.2, -0.15) is 0 Å². The third kappa shape index (κ3) is 3.70. The molecule has 1 amide bonds. The van der Waals surface area contributed by atoms with E-state index >= 15 is 0 Å². The van der Waals surface area contributed by atoms with Crippen molar-refractivity contribution in [3.8, 4) is 0 Å². The highest BCUT2D eigenvalue weighted by Crippen LogP contribution is 2.40. The average Bonchev–Trinajstić information content (AvgIpc) is 2.67. The molecule has 22 heavy (non-hydrogen) atoms. The number of carbonyl (C=O) groups is 2. The van der Waals surface area contributed by atoms with Crippen LogP contribution in [0.3, 0.4) is 0 Å². The normalized spacial score (nSPS) is 26.0. The SMILES string of the molecule is C=CCC1[C@H](O[Si](C)(C)C(C)(C)C)C[C@@H](C(=O)O)N1C(=O)O. The fourth-order valence-electron chi connectivity index (χ4n) is 2.51. The van der Waals surface area contributed by atoms with E-state index in [9.17, 15) is 19.8 Å². The van der Waals surface area contributed by atoms with Gasteiger partial charge in [0, 0.05) is 6.42 Å². The lowest BCUT2D eigenvalue weighted by Crippen LogP contribution is -2.49. The molecule has 0 aliphatic carbocycles. The summed E-state index contributed by atoms with van der Waals surface area (Å²) < 4.78 is 6.31. The second kappa shape index (κ2) is 6.42. The first-order valence-corrected chi connectivity index (χ1v) is 10.4. The largest absolute Gasteiger partial charge is 0.480 e. The van der Waals surface area contributed by atoms with E-state index in [2.05, 4.69) is 40.4 Å². The van der Waals surface area contributed by atoms with Gasteiger partial charge in [0.1, 0.15) is 6.04 Å². The van der Waals surface area contributed by atoms with E-state index in [0.29, 0.717) is 6.42 Å². The summed E-state index contributed by atoms with van der Waals surface area (Å²) in [5, 5.41) is 18.7. The summed E-state index contributed by atoms with van der Waals surface area (Å²) >= 11 is 0. The Morgan fingerprint density at radius 1 is 1.36 bits per heavy atom. The van der Waals surface area contributed by atoms with Gasteiger partial charge in [-0.05, 0) is 24.6 Å². The van der Waals surface area contributed by atoms with E-state index in [1.165, 1.54) is 0 Å². The van der Waals surface area contributed by atoms with Crippen molar-refractivity contribution in [2.75, 3.05) is 0 Å².